The Bertz CT molecular complexity index is 773. The summed E-state index contributed by atoms with van der Waals surface area (Å²) in [6.45, 7) is 1.00. The van der Waals surface area contributed by atoms with E-state index in [2.05, 4.69) is 59.4 Å². The van der Waals surface area contributed by atoms with Crippen molar-refractivity contribution in [3.8, 4) is 0 Å². The zero-order valence-corrected chi connectivity index (χ0v) is 11.5. The molecule has 0 saturated heterocycles. The molecule has 3 aromatic rings. The highest BCUT2D eigenvalue weighted by atomic mass is 15.1. The van der Waals surface area contributed by atoms with Crippen molar-refractivity contribution in [3.63, 3.8) is 0 Å². The number of aryl methyl sites for hydroxylation is 1. The van der Waals surface area contributed by atoms with Crippen molar-refractivity contribution in [2.24, 2.45) is 7.05 Å². The summed E-state index contributed by atoms with van der Waals surface area (Å²) in [6.07, 6.45) is 0.981. The Morgan fingerprint density at radius 1 is 1.15 bits per heavy atom. The number of hydrogen-bond donors (Lipinski definition) is 1. The molecule has 1 aromatic heterocycles. The summed E-state index contributed by atoms with van der Waals surface area (Å²) in [4.78, 5) is 4.78. The van der Waals surface area contributed by atoms with E-state index in [-0.39, 0.29) is 0 Å². The first kappa shape index (κ1) is 11.5. The van der Waals surface area contributed by atoms with Crippen LogP contribution < -0.4 is 5.32 Å². The van der Waals surface area contributed by atoms with E-state index in [0.717, 1.165) is 24.3 Å². The molecule has 0 amide bonds. The van der Waals surface area contributed by atoms with Crippen LogP contribution in [0.25, 0.3) is 11.0 Å². The number of fused-ring (bicyclic) bond motifs is 2. The first-order chi connectivity index (χ1) is 9.83. The van der Waals surface area contributed by atoms with Crippen molar-refractivity contribution in [1.82, 2.24) is 9.55 Å². The molecule has 1 unspecified atom stereocenters. The van der Waals surface area contributed by atoms with Gasteiger partial charge in [0, 0.05) is 31.6 Å². The predicted octanol–water partition coefficient (Wildman–Crippen LogP) is 3.33. The molecule has 3 nitrogen and oxygen atoms in total. The van der Waals surface area contributed by atoms with Crippen molar-refractivity contribution in [2.45, 2.75) is 12.3 Å². The molecule has 0 radical (unpaired) electrons. The first-order valence-corrected chi connectivity index (χ1v) is 7.06. The first-order valence-electron chi connectivity index (χ1n) is 7.06. The molecule has 3 heteroatoms. The summed E-state index contributed by atoms with van der Waals surface area (Å²) < 4.78 is 2.22. The number of benzene rings is 2. The van der Waals surface area contributed by atoms with Gasteiger partial charge in [0.15, 0.2) is 0 Å². The van der Waals surface area contributed by atoms with Crippen molar-refractivity contribution < 1.29 is 0 Å². The molecule has 0 spiro atoms. The summed E-state index contributed by atoms with van der Waals surface area (Å²) in [5, 5.41) is 3.49. The lowest BCUT2D eigenvalue weighted by Gasteiger charge is -2.10. The Morgan fingerprint density at radius 2 is 1.95 bits per heavy atom. The predicted molar refractivity (Wildman–Crippen MR) is 82.1 cm³/mol. The van der Waals surface area contributed by atoms with Gasteiger partial charge in [-0.05, 0) is 23.8 Å². The molecule has 0 bridgehead atoms. The van der Waals surface area contributed by atoms with Gasteiger partial charge in [0.25, 0.3) is 0 Å². The molecular formula is C17H17N3. The van der Waals surface area contributed by atoms with E-state index in [1.165, 1.54) is 16.8 Å². The molecule has 1 atom stereocenters. The standard InChI is InChI=1S/C17H17N3/c1-20-16-9-5-4-8-15(16)19-17(20)10-12-11-18-14-7-3-2-6-13(12)14/h2-9,12,18H,10-11H2,1H3. The molecule has 2 heterocycles. The minimum Gasteiger partial charge on any atom is -0.384 e. The van der Waals surface area contributed by atoms with E-state index in [9.17, 15) is 0 Å². The Labute approximate surface area is 118 Å². The highest BCUT2D eigenvalue weighted by molar-refractivity contribution is 5.75. The van der Waals surface area contributed by atoms with Crippen LogP contribution in [-0.2, 0) is 13.5 Å². The summed E-state index contributed by atoms with van der Waals surface area (Å²) in [7, 11) is 2.11. The minimum absolute atomic E-state index is 0.515. The number of nitrogens with zero attached hydrogens (tertiary/aromatic N) is 2. The zero-order valence-electron chi connectivity index (χ0n) is 11.5. The van der Waals surface area contributed by atoms with Crippen LogP contribution in [0.1, 0.15) is 17.3 Å². The van der Waals surface area contributed by atoms with E-state index in [4.69, 9.17) is 4.98 Å². The molecule has 0 aliphatic carbocycles. The molecule has 2 aromatic carbocycles. The number of imidazole rings is 1. The fourth-order valence-electron chi connectivity index (χ4n) is 3.14. The molecular weight excluding hydrogens is 246 g/mol. The number of aromatic nitrogens is 2. The number of nitrogens with one attached hydrogen (secondary N) is 1. The van der Waals surface area contributed by atoms with E-state index in [1.807, 2.05) is 6.07 Å². The Kier molecular flexibility index (Phi) is 2.52. The average Bonchev–Trinajstić information content (AvgIpc) is 3.03. The van der Waals surface area contributed by atoms with Crippen molar-refractivity contribution in [1.29, 1.82) is 0 Å². The van der Waals surface area contributed by atoms with Gasteiger partial charge in [-0.25, -0.2) is 4.98 Å². The van der Waals surface area contributed by atoms with Gasteiger partial charge in [-0.3, -0.25) is 0 Å². The lowest BCUT2D eigenvalue weighted by Crippen LogP contribution is -2.09. The maximum atomic E-state index is 4.78. The second-order valence-electron chi connectivity index (χ2n) is 5.44. The lowest BCUT2D eigenvalue weighted by atomic mass is 9.98. The van der Waals surface area contributed by atoms with Crippen LogP contribution >= 0.6 is 0 Å². The topological polar surface area (TPSA) is 29.9 Å². The van der Waals surface area contributed by atoms with E-state index >= 15 is 0 Å². The lowest BCUT2D eigenvalue weighted by molar-refractivity contribution is 0.686. The van der Waals surface area contributed by atoms with Gasteiger partial charge in [-0.1, -0.05) is 30.3 Å². The smallest absolute Gasteiger partial charge is 0.110 e. The fraction of sp³-hybridized carbons (Fsp3) is 0.235. The van der Waals surface area contributed by atoms with Crippen LogP contribution in [0.5, 0.6) is 0 Å². The Morgan fingerprint density at radius 3 is 2.85 bits per heavy atom. The van der Waals surface area contributed by atoms with Crippen molar-refractivity contribution in [2.75, 3.05) is 11.9 Å². The van der Waals surface area contributed by atoms with Crippen LogP contribution in [0.4, 0.5) is 5.69 Å². The second kappa shape index (κ2) is 4.37. The third-order valence-corrected chi connectivity index (χ3v) is 4.25. The summed E-state index contributed by atoms with van der Waals surface area (Å²) >= 11 is 0. The second-order valence-corrected chi connectivity index (χ2v) is 5.44. The molecule has 0 fully saturated rings. The van der Waals surface area contributed by atoms with Gasteiger partial charge in [0.1, 0.15) is 5.82 Å². The number of para-hydroxylation sites is 3. The van der Waals surface area contributed by atoms with Gasteiger partial charge < -0.3 is 9.88 Å². The van der Waals surface area contributed by atoms with Gasteiger partial charge in [-0.15, -0.1) is 0 Å². The van der Waals surface area contributed by atoms with Crippen molar-refractivity contribution in [3.05, 3.63) is 59.9 Å². The quantitative estimate of drug-likeness (QED) is 0.768. The minimum atomic E-state index is 0.515. The van der Waals surface area contributed by atoms with E-state index in [1.54, 1.807) is 0 Å². The monoisotopic (exact) mass is 263 g/mol. The van der Waals surface area contributed by atoms with Gasteiger partial charge in [0.05, 0.1) is 11.0 Å². The highest BCUT2D eigenvalue weighted by Crippen LogP contribution is 2.33. The SMILES string of the molecule is Cn1c(CC2CNc3ccccc32)nc2ccccc21. The molecule has 1 aliphatic heterocycles. The Balaban J connectivity index is 1.71. The van der Waals surface area contributed by atoms with Gasteiger partial charge >= 0.3 is 0 Å². The van der Waals surface area contributed by atoms with Crippen LogP contribution in [-0.4, -0.2) is 16.1 Å². The van der Waals surface area contributed by atoms with Crippen LogP contribution in [0, 0.1) is 0 Å². The Hall–Kier alpha value is -2.29. The number of rotatable bonds is 2. The number of anilines is 1. The molecule has 1 N–H and O–H groups in total. The summed E-state index contributed by atoms with van der Waals surface area (Å²) in [5.74, 6) is 1.68. The molecule has 4 rings (SSSR count). The van der Waals surface area contributed by atoms with Crippen LogP contribution in [0.3, 0.4) is 0 Å². The largest absolute Gasteiger partial charge is 0.384 e. The zero-order chi connectivity index (χ0) is 13.5. The third-order valence-electron chi connectivity index (χ3n) is 4.25. The van der Waals surface area contributed by atoms with E-state index in [0.29, 0.717) is 5.92 Å². The molecule has 1 aliphatic rings. The van der Waals surface area contributed by atoms with Gasteiger partial charge in [-0.2, -0.15) is 0 Å². The number of hydrogen-bond acceptors (Lipinski definition) is 2. The average molecular weight is 263 g/mol. The van der Waals surface area contributed by atoms with Gasteiger partial charge in [0.2, 0.25) is 0 Å². The molecule has 0 saturated carbocycles. The highest BCUT2D eigenvalue weighted by Gasteiger charge is 2.23. The van der Waals surface area contributed by atoms with Crippen molar-refractivity contribution >= 4 is 16.7 Å². The fourth-order valence-corrected chi connectivity index (χ4v) is 3.14. The third kappa shape index (κ3) is 1.70. The maximum absolute atomic E-state index is 4.78. The molecule has 100 valence electrons. The van der Waals surface area contributed by atoms with Crippen LogP contribution in [0.15, 0.2) is 48.5 Å². The van der Waals surface area contributed by atoms with E-state index < -0.39 is 0 Å². The summed E-state index contributed by atoms with van der Waals surface area (Å²) in [5.41, 5.74) is 4.99. The summed E-state index contributed by atoms with van der Waals surface area (Å²) in [6, 6.07) is 16.9. The van der Waals surface area contributed by atoms with Crippen LogP contribution in [0.2, 0.25) is 0 Å². The maximum Gasteiger partial charge on any atom is 0.110 e. The molecule has 20 heavy (non-hydrogen) atoms. The normalized spacial score (nSPS) is 17.1.